The SMILES string of the molecule is CCN(CC(=O)Nc1ccc2c(c1)OCCO2)C(=O)c1cc(-c2ccccc2)nc2c1cnn2C(C)C. The molecular formula is C28H29N5O4. The van der Waals surface area contributed by atoms with Gasteiger partial charge in [0, 0.05) is 29.9 Å². The molecule has 0 unspecified atom stereocenters. The Morgan fingerprint density at radius 1 is 1.05 bits per heavy atom. The standard InChI is InChI=1S/C28H29N5O4/c1-4-32(17-26(34)30-20-10-11-24-25(14-20)37-13-12-36-24)28(35)21-15-23(19-8-6-5-7-9-19)31-27-22(21)16-29-33(27)18(2)3/h5-11,14-16,18H,4,12-13,17H2,1-3H3,(H,30,34). The van der Waals surface area contributed by atoms with Gasteiger partial charge in [0.1, 0.15) is 19.8 Å². The minimum Gasteiger partial charge on any atom is -0.486 e. The molecular weight excluding hydrogens is 470 g/mol. The number of ether oxygens (including phenoxy) is 2. The number of carbonyl (C=O) groups is 2. The Morgan fingerprint density at radius 2 is 1.81 bits per heavy atom. The van der Waals surface area contributed by atoms with E-state index in [9.17, 15) is 9.59 Å². The molecule has 0 radical (unpaired) electrons. The number of hydrogen-bond acceptors (Lipinski definition) is 6. The summed E-state index contributed by atoms with van der Waals surface area (Å²) in [4.78, 5) is 33.1. The van der Waals surface area contributed by atoms with Crippen LogP contribution in [-0.4, -0.2) is 57.8 Å². The summed E-state index contributed by atoms with van der Waals surface area (Å²) < 4.78 is 12.9. The number of benzene rings is 2. The number of nitrogens with one attached hydrogen (secondary N) is 1. The maximum absolute atomic E-state index is 13.8. The van der Waals surface area contributed by atoms with Crippen molar-refractivity contribution in [3.05, 3.63) is 66.4 Å². The van der Waals surface area contributed by atoms with Crippen LogP contribution in [0.3, 0.4) is 0 Å². The summed E-state index contributed by atoms with van der Waals surface area (Å²) in [5, 5.41) is 8.01. The van der Waals surface area contributed by atoms with E-state index in [2.05, 4.69) is 10.4 Å². The first-order chi connectivity index (χ1) is 17.9. The number of nitrogens with zero attached hydrogens (tertiary/aromatic N) is 4. The van der Waals surface area contributed by atoms with Crippen molar-refractivity contribution >= 4 is 28.5 Å². The first-order valence-electron chi connectivity index (χ1n) is 12.4. The predicted molar refractivity (Wildman–Crippen MR) is 141 cm³/mol. The van der Waals surface area contributed by atoms with E-state index in [4.69, 9.17) is 14.5 Å². The quantitative estimate of drug-likeness (QED) is 0.401. The topological polar surface area (TPSA) is 98.6 Å². The molecule has 2 aromatic heterocycles. The van der Waals surface area contributed by atoms with Gasteiger partial charge in [0.25, 0.3) is 5.91 Å². The molecule has 1 aliphatic heterocycles. The third-order valence-corrected chi connectivity index (χ3v) is 6.19. The molecule has 1 N–H and O–H groups in total. The Balaban J connectivity index is 1.43. The molecule has 3 heterocycles. The monoisotopic (exact) mass is 499 g/mol. The summed E-state index contributed by atoms with van der Waals surface area (Å²) in [6.07, 6.45) is 1.67. The highest BCUT2D eigenvalue weighted by molar-refractivity contribution is 6.08. The molecule has 2 amide bonds. The molecule has 5 rings (SSSR count). The average Bonchev–Trinajstić information content (AvgIpc) is 3.36. The van der Waals surface area contributed by atoms with Crippen LogP contribution in [-0.2, 0) is 4.79 Å². The van der Waals surface area contributed by atoms with E-state index in [-0.39, 0.29) is 24.4 Å². The van der Waals surface area contributed by atoms with Gasteiger partial charge in [-0.3, -0.25) is 9.59 Å². The van der Waals surface area contributed by atoms with Gasteiger partial charge in [0.05, 0.1) is 22.8 Å². The summed E-state index contributed by atoms with van der Waals surface area (Å²) in [6.45, 7) is 7.10. The zero-order valence-corrected chi connectivity index (χ0v) is 21.1. The van der Waals surface area contributed by atoms with Gasteiger partial charge in [-0.25, -0.2) is 9.67 Å². The van der Waals surface area contributed by atoms with E-state index in [1.807, 2.05) is 55.8 Å². The normalized spacial score (nSPS) is 12.5. The number of hydrogen-bond donors (Lipinski definition) is 1. The molecule has 0 aliphatic carbocycles. The molecule has 0 saturated heterocycles. The van der Waals surface area contributed by atoms with Crippen LogP contribution in [0, 0.1) is 0 Å². The number of likely N-dealkylation sites (N-methyl/N-ethyl adjacent to an activating group) is 1. The molecule has 9 nitrogen and oxygen atoms in total. The molecule has 190 valence electrons. The van der Waals surface area contributed by atoms with Crippen molar-refractivity contribution in [1.29, 1.82) is 0 Å². The van der Waals surface area contributed by atoms with Crippen molar-refractivity contribution in [3.63, 3.8) is 0 Å². The van der Waals surface area contributed by atoms with Gasteiger partial charge in [0.2, 0.25) is 5.91 Å². The molecule has 2 aromatic carbocycles. The largest absolute Gasteiger partial charge is 0.486 e. The van der Waals surface area contributed by atoms with E-state index < -0.39 is 0 Å². The van der Waals surface area contributed by atoms with E-state index >= 15 is 0 Å². The Bertz CT molecular complexity index is 1450. The Morgan fingerprint density at radius 3 is 2.54 bits per heavy atom. The maximum atomic E-state index is 13.8. The van der Waals surface area contributed by atoms with E-state index in [0.29, 0.717) is 59.2 Å². The molecule has 37 heavy (non-hydrogen) atoms. The van der Waals surface area contributed by atoms with Crippen molar-refractivity contribution in [2.75, 3.05) is 31.6 Å². The number of aromatic nitrogens is 3. The highest BCUT2D eigenvalue weighted by Crippen LogP contribution is 2.32. The third-order valence-electron chi connectivity index (χ3n) is 6.19. The van der Waals surface area contributed by atoms with Gasteiger partial charge < -0.3 is 19.7 Å². The summed E-state index contributed by atoms with van der Waals surface area (Å²) >= 11 is 0. The van der Waals surface area contributed by atoms with Gasteiger partial charge in [-0.1, -0.05) is 30.3 Å². The smallest absolute Gasteiger partial charge is 0.255 e. The zero-order chi connectivity index (χ0) is 25.9. The lowest BCUT2D eigenvalue weighted by atomic mass is 10.1. The molecule has 9 heteroatoms. The average molecular weight is 500 g/mol. The number of carbonyl (C=O) groups excluding carboxylic acids is 2. The van der Waals surface area contributed by atoms with Crippen LogP contribution in [0.4, 0.5) is 5.69 Å². The lowest BCUT2D eigenvalue weighted by molar-refractivity contribution is -0.116. The molecule has 4 aromatic rings. The fourth-order valence-electron chi connectivity index (χ4n) is 4.32. The van der Waals surface area contributed by atoms with Crippen LogP contribution < -0.4 is 14.8 Å². The van der Waals surface area contributed by atoms with Crippen LogP contribution in [0.5, 0.6) is 11.5 Å². The lowest BCUT2D eigenvalue weighted by Crippen LogP contribution is -2.38. The fraction of sp³-hybridized carbons (Fsp3) is 0.286. The Labute approximate surface area is 215 Å². The second kappa shape index (κ2) is 10.3. The van der Waals surface area contributed by atoms with Crippen molar-refractivity contribution in [3.8, 4) is 22.8 Å². The second-order valence-electron chi connectivity index (χ2n) is 9.07. The number of pyridine rings is 1. The number of fused-ring (bicyclic) bond motifs is 2. The Hall–Kier alpha value is -4.40. The molecule has 0 saturated carbocycles. The van der Waals surface area contributed by atoms with Crippen LogP contribution in [0.15, 0.2) is 60.8 Å². The van der Waals surface area contributed by atoms with Crippen LogP contribution in [0.2, 0.25) is 0 Å². The van der Waals surface area contributed by atoms with Gasteiger partial charge in [-0.05, 0) is 39.0 Å². The minimum atomic E-state index is -0.307. The highest BCUT2D eigenvalue weighted by atomic mass is 16.6. The molecule has 0 atom stereocenters. The van der Waals surface area contributed by atoms with E-state index in [1.54, 1.807) is 30.5 Å². The molecule has 0 fully saturated rings. The lowest BCUT2D eigenvalue weighted by Gasteiger charge is -2.22. The fourth-order valence-corrected chi connectivity index (χ4v) is 4.32. The molecule has 0 bridgehead atoms. The summed E-state index contributed by atoms with van der Waals surface area (Å²) in [6, 6.07) is 16.8. The summed E-state index contributed by atoms with van der Waals surface area (Å²) in [5.41, 5.74) is 3.25. The van der Waals surface area contributed by atoms with E-state index in [0.717, 1.165) is 5.56 Å². The summed E-state index contributed by atoms with van der Waals surface area (Å²) in [5.74, 6) is 0.667. The van der Waals surface area contributed by atoms with Crippen molar-refractivity contribution < 1.29 is 19.1 Å². The van der Waals surface area contributed by atoms with Crippen LogP contribution in [0.25, 0.3) is 22.3 Å². The number of anilines is 1. The highest BCUT2D eigenvalue weighted by Gasteiger charge is 2.24. The van der Waals surface area contributed by atoms with Gasteiger partial charge >= 0.3 is 0 Å². The van der Waals surface area contributed by atoms with Gasteiger partial charge in [-0.2, -0.15) is 5.10 Å². The third kappa shape index (κ3) is 4.97. The van der Waals surface area contributed by atoms with Gasteiger partial charge in [0.15, 0.2) is 17.1 Å². The minimum absolute atomic E-state index is 0.0676. The van der Waals surface area contributed by atoms with Crippen LogP contribution >= 0.6 is 0 Å². The number of amides is 2. The zero-order valence-electron chi connectivity index (χ0n) is 21.1. The summed E-state index contributed by atoms with van der Waals surface area (Å²) in [7, 11) is 0. The van der Waals surface area contributed by atoms with Gasteiger partial charge in [-0.15, -0.1) is 0 Å². The second-order valence-corrected chi connectivity index (χ2v) is 9.07. The molecule has 1 aliphatic rings. The van der Waals surface area contributed by atoms with Crippen molar-refractivity contribution in [2.24, 2.45) is 0 Å². The number of rotatable bonds is 7. The first-order valence-corrected chi connectivity index (χ1v) is 12.4. The van der Waals surface area contributed by atoms with Crippen LogP contribution in [0.1, 0.15) is 37.2 Å². The van der Waals surface area contributed by atoms with Crippen molar-refractivity contribution in [2.45, 2.75) is 26.8 Å². The Kier molecular flexibility index (Phi) is 6.76. The maximum Gasteiger partial charge on any atom is 0.255 e. The predicted octanol–water partition coefficient (Wildman–Crippen LogP) is 4.55. The first kappa shape index (κ1) is 24.3. The van der Waals surface area contributed by atoms with E-state index in [1.165, 1.54) is 4.90 Å². The van der Waals surface area contributed by atoms with Crippen molar-refractivity contribution in [1.82, 2.24) is 19.7 Å². The molecule has 0 spiro atoms.